The monoisotopic (exact) mass is 500 g/mol. The highest BCUT2D eigenvalue weighted by atomic mass is 16.2. The van der Waals surface area contributed by atoms with Crippen molar-refractivity contribution in [3.63, 3.8) is 0 Å². The molecule has 1 aliphatic rings. The van der Waals surface area contributed by atoms with Crippen LogP contribution in [0.1, 0.15) is 26.7 Å². The van der Waals surface area contributed by atoms with Crippen LogP contribution in [0.4, 0.5) is 5.69 Å². The van der Waals surface area contributed by atoms with Crippen LogP contribution in [0.15, 0.2) is 73.1 Å². The van der Waals surface area contributed by atoms with Crippen LogP contribution in [0.2, 0.25) is 0 Å². The van der Waals surface area contributed by atoms with Gasteiger partial charge < -0.3 is 4.90 Å². The summed E-state index contributed by atoms with van der Waals surface area (Å²) in [5, 5.41) is 19.7. The number of allylic oxidation sites excluding steroid dienone is 2. The maximum absolute atomic E-state index is 13.9. The van der Waals surface area contributed by atoms with Gasteiger partial charge in [-0.25, -0.2) is 5.01 Å². The standard InChI is InChI=1S/C27H32N8O2/c1-20(2)15-16-25(36)35(34-18-10-9-17-33(34)19-26(37)32(3)4)24-14-8-7-12-22(24)21-11-5-6-13-23(21)27-28-30-31-29-27/h5-14,17-18,20H,15-16,19H2,1-4H3,(H,28,29,30,31). The average Bonchev–Trinajstić information content (AvgIpc) is 3.44. The molecule has 1 aliphatic heterocycles. The van der Waals surface area contributed by atoms with Gasteiger partial charge in [0, 0.05) is 44.0 Å². The lowest BCUT2D eigenvalue weighted by molar-refractivity contribution is -0.135. The predicted molar refractivity (Wildman–Crippen MR) is 142 cm³/mol. The van der Waals surface area contributed by atoms with Crippen LogP contribution in [0.25, 0.3) is 22.5 Å². The first kappa shape index (κ1) is 25.6. The van der Waals surface area contributed by atoms with E-state index in [0.717, 1.165) is 23.1 Å². The topological polar surface area (TPSA) is 102 Å². The number of nitrogens with zero attached hydrogens (tertiary/aromatic N) is 7. The van der Waals surface area contributed by atoms with E-state index < -0.39 is 0 Å². The molecule has 0 bridgehead atoms. The number of aromatic nitrogens is 4. The maximum atomic E-state index is 13.9. The number of amides is 2. The molecule has 2 heterocycles. The molecule has 4 rings (SSSR count). The molecule has 0 aliphatic carbocycles. The van der Waals surface area contributed by atoms with Crippen molar-refractivity contribution < 1.29 is 9.59 Å². The van der Waals surface area contributed by atoms with E-state index in [1.54, 1.807) is 41.6 Å². The van der Waals surface area contributed by atoms with E-state index >= 15 is 0 Å². The summed E-state index contributed by atoms with van der Waals surface area (Å²) in [6, 6.07) is 15.5. The Morgan fingerprint density at radius 1 is 0.919 bits per heavy atom. The van der Waals surface area contributed by atoms with Crippen molar-refractivity contribution in [2.75, 3.05) is 25.6 Å². The largest absolute Gasteiger partial charge is 0.347 e. The SMILES string of the molecule is CC(C)CCC(=O)N(c1ccccc1-c1ccccc1-c1nn[nH]n1)N1C=CC=CN1CC(=O)N(C)C. The Morgan fingerprint density at radius 2 is 1.59 bits per heavy atom. The van der Waals surface area contributed by atoms with Crippen molar-refractivity contribution >= 4 is 17.5 Å². The molecule has 1 aromatic heterocycles. The molecule has 10 nitrogen and oxygen atoms in total. The lowest BCUT2D eigenvalue weighted by atomic mass is 9.97. The van der Waals surface area contributed by atoms with Gasteiger partial charge in [0.25, 0.3) is 0 Å². The van der Waals surface area contributed by atoms with Crippen molar-refractivity contribution in [3.05, 3.63) is 73.1 Å². The van der Waals surface area contributed by atoms with Gasteiger partial charge in [-0.15, -0.1) is 10.2 Å². The second-order valence-corrected chi connectivity index (χ2v) is 9.33. The van der Waals surface area contributed by atoms with E-state index in [0.29, 0.717) is 23.9 Å². The van der Waals surface area contributed by atoms with Gasteiger partial charge in [-0.1, -0.05) is 56.3 Å². The molecule has 0 unspecified atom stereocenters. The quantitative estimate of drug-likeness (QED) is 0.476. The number of hydrogen-bond acceptors (Lipinski definition) is 7. The minimum atomic E-state index is -0.0877. The molecule has 1 N–H and O–H groups in total. The van der Waals surface area contributed by atoms with Crippen LogP contribution in [0, 0.1) is 5.92 Å². The normalized spacial score (nSPS) is 12.8. The molecule has 2 amide bonds. The molecular weight excluding hydrogens is 468 g/mol. The average molecular weight is 501 g/mol. The molecule has 192 valence electrons. The summed E-state index contributed by atoms with van der Waals surface area (Å²) in [7, 11) is 3.43. The van der Waals surface area contributed by atoms with E-state index in [9.17, 15) is 9.59 Å². The van der Waals surface area contributed by atoms with Crippen LogP contribution in [0.5, 0.6) is 0 Å². The molecule has 0 atom stereocenters. The van der Waals surface area contributed by atoms with Gasteiger partial charge in [0.05, 0.1) is 5.69 Å². The van der Waals surface area contributed by atoms with Crippen molar-refractivity contribution in [2.45, 2.75) is 26.7 Å². The minimum Gasteiger partial charge on any atom is -0.347 e. The molecular formula is C27H32N8O2. The van der Waals surface area contributed by atoms with E-state index in [-0.39, 0.29) is 18.4 Å². The summed E-state index contributed by atoms with van der Waals surface area (Å²) < 4.78 is 0. The molecule has 2 aromatic carbocycles. The van der Waals surface area contributed by atoms with E-state index in [1.165, 1.54) is 4.90 Å². The van der Waals surface area contributed by atoms with Gasteiger partial charge in [0.15, 0.2) is 0 Å². The number of tetrazole rings is 1. The van der Waals surface area contributed by atoms with Crippen LogP contribution in [-0.4, -0.2) is 68.1 Å². The van der Waals surface area contributed by atoms with Gasteiger partial charge in [-0.05, 0) is 41.3 Å². The molecule has 0 radical (unpaired) electrons. The van der Waals surface area contributed by atoms with Gasteiger partial charge in [0.1, 0.15) is 6.54 Å². The molecule has 37 heavy (non-hydrogen) atoms. The summed E-state index contributed by atoms with van der Waals surface area (Å²) in [4.78, 5) is 28.0. The molecule has 0 fully saturated rings. The summed E-state index contributed by atoms with van der Waals surface area (Å²) in [5.41, 5.74) is 3.14. The number of hydrazine groups is 2. The highest BCUT2D eigenvalue weighted by molar-refractivity contribution is 5.99. The van der Waals surface area contributed by atoms with Crippen molar-refractivity contribution in [1.82, 2.24) is 35.7 Å². The second-order valence-electron chi connectivity index (χ2n) is 9.33. The van der Waals surface area contributed by atoms with Crippen molar-refractivity contribution in [2.24, 2.45) is 5.92 Å². The lowest BCUT2D eigenvalue weighted by Gasteiger charge is -2.42. The van der Waals surface area contributed by atoms with E-state index in [1.807, 2.05) is 60.7 Å². The zero-order chi connectivity index (χ0) is 26.4. The first-order chi connectivity index (χ1) is 17.9. The van der Waals surface area contributed by atoms with Gasteiger partial charge >= 0.3 is 0 Å². The zero-order valence-corrected chi connectivity index (χ0v) is 21.6. The van der Waals surface area contributed by atoms with Crippen molar-refractivity contribution in [3.8, 4) is 22.5 Å². The number of nitrogens with one attached hydrogen (secondary N) is 1. The molecule has 0 saturated heterocycles. The Labute approximate surface area is 216 Å². The Balaban J connectivity index is 1.83. The van der Waals surface area contributed by atoms with E-state index in [4.69, 9.17) is 0 Å². The van der Waals surface area contributed by atoms with Crippen LogP contribution in [0.3, 0.4) is 0 Å². The van der Waals surface area contributed by atoms with Crippen LogP contribution < -0.4 is 5.01 Å². The molecule has 0 spiro atoms. The first-order valence-corrected chi connectivity index (χ1v) is 12.2. The maximum Gasteiger partial charge on any atom is 0.247 e. The number of anilines is 1. The minimum absolute atomic E-state index is 0.0728. The van der Waals surface area contributed by atoms with Gasteiger partial charge in [-0.2, -0.15) is 10.3 Å². The zero-order valence-electron chi connectivity index (χ0n) is 21.6. The number of carbonyl (C=O) groups is 2. The fourth-order valence-electron chi connectivity index (χ4n) is 3.97. The number of para-hydroxylation sites is 1. The fraction of sp³-hybridized carbons (Fsp3) is 0.296. The molecule has 3 aromatic rings. The summed E-state index contributed by atoms with van der Waals surface area (Å²) in [6.45, 7) is 4.26. The third-order valence-corrected chi connectivity index (χ3v) is 5.96. The summed E-state index contributed by atoms with van der Waals surface area (Å²) in [5.74, 6) is 0.654. The van der Waals surface area contributed by atoms with Gasteiger partial charge in [-0.3, -0.25) is 14.6 Å². The van der Waals surface area contributed by atoms with Crippen LogP contribution >= 0.6 is 0 Å². The lowest BCUT2D eigenvalue weighted by Crippen LogP contribution is -2.54. The third-order valence-electron chi connectivity index (χ3n) is 5.96. The second kappa shape index (κ2) is 11.5. The van der Waals surface area contributed by atoms with E-state index in [2.05, 4.69) is 34.5 Å². The fourth-order valence-corrected chi connectivity index (χ4v) is 3.97. The number of hydrogen-bond donors (Lipinski definition) is 1. The predicted octanol–water partition coefficient (Wildman–Crippen LogP) is 3.87. The number of rotatable bonds is 9. The summed E-state index contributed by atoms with van der Waals surface area (Å²) in [6.07, 6.45) is 8.35. The number of benzene rings is 2. The van der Waals surface area contributed by atoms with Crippen LogP contribution in [-0.2, 0) is 9.59 Å². The highest BCUT2D eigenvalue weighted by Gasteiger charge is 2.29. The highest BCUT2D eigenvalue weighted by Crippen LogP contribution is 2.38. The number of likely N-dealkylation sites (N-methyl/N-ethyl adjacent to an activating group) is 1. The third kappa shape index (κ3) is 5.85. The smallest absolute Gasteiger partial charge is 0.247 e. The number of aromatic amines is 1. The first-order valence-electron chi connectivity index (χ1n) is 12.2. The Morgan fingerprint density at radius 3 is 2.27 bits per heavy atom. The Hall–Kier alpha value is -4.47. The number of H-pyrrole nitrogens is 1. The Kier molecular flexibility index (Phi) is 7.97. The summed E-state index contributed by atoms with van der Waals surface area (Å²) >= 11 is 0. The Bertz CT molecular complexity index is 1280. The molecule has 10 heteroatoms. The number of carbonyl (C=O) groups excluding carboxylic acids is 2. The van der Waals surface area contributed by atoms with Gasteiger partial charge in [0.2, 0.25) is 17.6 Å². The van der Waals surface area contributed by atoms with Crippen molar-refractivity contribution in [1.29, 1.82) is 0 Å². The molecule has 0 saturated carbocycles.